The number of carboxylic acid groups (broad SMARTS) is 1. The molecule has 4 rings (SSSR count). The van der Waals surface area contributed by atoms with Gasteiger partial charge >= 0.3 is 12.1 Å². The molecule has 2 N–H and O–H groups in total. The van der Waals surface area contributed by atoms with Gasteiger partial charge in [0, 0.05) is 5.02 Å². The number of nitrogens with zero attached hydrogens (tertiary/aromatic N) is 2. The van der Waals surface area contributed by atoms with Gasteiger partial charge in [0.25, 0.3) is 10.0 Å². The fourth-order valence-corrected chi connectivity index (χ4v) is 5.12. The third-order valence-corrected chi connectivity index (χ3v) is 7.42. The molecule has 0 aliphatic carbocycles. The van der Waals surface area contributed by atoms with Gasteiger partial charge in [0.2, 0.25) is 0 Å². The Kier molecular flexibility index (Phi) is 6.62. The average molecular weight is 542 g/mol. The largest absolute Gasteiger partial charge is 0.477 e. The maximum absolute atomic E-state index is 13.4. The van der Waals surface area contributed by atoms with Gasteiger partial charge in [-0.05, 0) is 59.5 Å². The van der Waals surface area contributed by atoms with Gasteiger partial charge in [0.15, 0.2) is 0 Å². The van der Waals surface area contributed by atoms with E-state index < -0.39 is 27.7 Å². The van der Waals surface area contributed by atoms with Crippen molar-refractivity contribution in [3.63, 3.8) is 0 Å². The van der Waals surface area contributed by atoms with Crippen LogP contribution >= 0.6 is 22.9 Å². The van der Waals surface area contributed by atoms with Gasteiger partial charge in [0.1, 0.15) is 11.4 Å². The van der Waals surface area contributed by atoms with Gasteiger partial charge in [-0.3, -0.25) is 9.40 Å². The van der Waals surface area contributed by atoms with Crippen LogP contribution in [0.3, 0.4) is 0 Å². The SMILES string of the molecule is O=C(O)c1cc(-c2cccs2)nn1Cc1ccc(C(F)(F)F)cc1NS(=O)(=O)c1ccc(Cl)cc1. The first-order valence-corrected chi connectivity index (χ1v) is 12.5. The Morgan fingerprint density at radius 2 is 1.83 bits per heavy atom. The van der Waals surface area contributed by atoms with Crippen LogP contribution in [-0.4, -0.2) is 29.3 Å². The molecule has 0 bridgehead atoms. The molecule has 0 spiro atoms. The van der Waals surface area contributed by atoms with Crippen molar-refractivity contribution in [2.75, 3.05) is 4.72 Å². The fourth-order valence-electron chi connectivity index (χ4n) is 3.22. The van der Waals surface area contributed by atoms with Crippen LogP contribution in [0, 0.1) is 0 Å². The molecule has 0 radical (unpaired) electrons. The molecule has 35 heavy (non-hydrogen) atoms. The van der Waals surface area contributed by atoms with E-state index in [0.717, 1.165) is 16.8 Å². The molecular weight excluding hydrogens is 527 g/mol. The number of nitrogens with one attached hydrogen (secondary N) is 1. The Morgan fingerprint density at radius 1 is 1.11 bits per heavy atom. The van der Waals surface area contributed by atoms with Crippen LogP contribution in [0.5, 0.6) is 0 Å². The lowest BCUT2D eigenvalue weighted by Crippen LogP contribution is -2.17. The minimum absolute atomic E-state index is 0.0823. The summed E-state index contributed by atoms with van der Waals surface area (Å²) in [5.74, 6) is -1.30. The monoisotopic (exact) mass is 541 g/mol. The van der Waals surface area contributed by atoms with E-state index in [1.165, 1.54) is 41.7 Å². The summed E-state index contributed by atoms with van der Waals surface area (Å²) in [5.41, 5.74) is -1.20. The summed E-state index contributed by atoms with van der Waals surface area (Å²) in [6, 6.07) is 12.5. The molecule has 0 fully saturated rings. The highest BCUT2D eigenvalue weighted by atomic mass is 35.5. The summed E-state index contributed by atoms with van der Waals surface area (Å²) in [4.78, 5) is 12.3. The van der Waals surface area contributed by atoms with Gasteiger partial charge in [-0.1, -0.05) is 23.7 Å². The van der Waals surface area contributed by atoms with E-state index in [4.69, 9.17) is 11.6 Å². The Balaban J connectivity index is 1.77. The van der Waals surface area contributed by atoms with Gasteiger partial charge in [-0.25, -0.2) is 13.2 Å². The molecule has 13 heteroatoms. The zero-order valence-corrected chi connectivity index (χ0v) is 19.8. The predicted octanol–water partition coefficient (Wildman–Crippen LogP) is 5.83. The lowest BCUT2D eigenvalue weighted by atomic mass is 10.1. The number of halogens is 4. The molecule has 0 saturated carbocycles. The van der Waals surface area contributed by atoms with E-state index in [1.54, 1.807) is 17.5 Å². The predicted molar refractivity (Wildman–Crippen MR) is 125 cm³/mol. The van der Waals surface area contributed by atoms with Crippen molar-refractivity contribution in [2.24, 2.45) is 0 Å². The van der Waals surface area contributed by atoms with Gasteiger partial charge in [-0.2, -0.15) is 18.3 Å². The second kappa shape index (κ2) is 9.36. The van der Waals surface area contributed by atoms with Crippen molar-refractivity contribution >= 4 is 44.6 Å². The molecule has 7 nitrogen and oxygen atoms in total. The number of aromatic carboxylic acids is 1. The Bertz CT molecular complexity index is 1480. The quantitative estimate of drug-likeness (QED) is 0.306. The van der Waals surface area contributed by atoms with E-state index >= 15 is 0 Å². The topological polar surface area (TPSA) is 101 Å². The number of alkyl halides is 3. The maximum Gasteiger partial charge on any atom is 0.416 e. The van der Waals surface area contributed by atoms with Gasteiger partial charge in [0.05, 0.1) is 27.6 Å². The normalized spacial score (nSPS) is 12.0. The number of carbonyl (C=O) groups is 1. The first kappa shape index (κ1) is 24.8. The first-order valence-electron chi connectivity index (χ1n) is 9.77. The molecule has 0 aliphatic rings. The van der Waals surface area contributed by atoms with Crippen LogP contribution in [-0.2, 0) is 22.7 Å². The zero-order valence-electron chi connectivity index (χ0n) is 17.5. The van der Waals surface area contributed by atoms with Crippen LogP contribution in [0.4, 0.5) is 18.9 Å². The highest BCUT2D eigenvalue weighted by molar-refractivity contribution is 7.92. The molecule has 4 aromatic rings. The van der Waals surface area contributed by atoms with Crippen LogP contribution in [0.25, 0.3) is 10.6 Å². The summed E-state index contributed by atoms with van der Waals surface area (Å²) in [6.45, 7) is -0.302. The highest BCUT2D eigenvalue weighted by Crippen LogP contribution is 2.34. The molecule has 2 heterocycles. The molecule has 182 valence electrons. The third-order valence-electron chi connectivity index (χ3n) is 4.90. The van der Waals surface area contributed by atoms with Crippen molar-refractivity contribution in [1.82, 2.24) is 9.78 Å². The van der Waals surface area contributed by atoms with Crippen LogP contribution in [0.2, 0.25) is 5.02 Å². The summed E-state index contributed by atoms with van der Waals surface area (Å²) < 4.78 is 69.1. The second-order valence-electron chi connectivity index (χ2n) is 7.28. The van der Waals surface area contributed by atoms with E-state index in [1.807, 2.05) is 0 Å². The molecule has 0 saturated heterocycles. The Morgan fingerprint density at radius 3 is 2.43 bits per heavy atom. The number of thiophene rings is 1. The summed E-state index contributed by atoms with van der Waals surface area (Å²) in [6.07, 6.45) is -4.73. The van der Waals surface area contributed by atoms with Crippen molar-refractivity contribution in [1.29, 1.82) is 0 Å². The minimum atomic E-state index is -4.73. The smallest absolute Gasteiger partial charge is 0.416 e. The standard InChI is InChI=1S/C22H15ClF3N3O4S2/c23-15-5-7-16(8-6-15)35(32,33)28-17-10-14(22(24,25)26)4-3-13(17)12-29-19(21(30)31)11-18(27-29)20-2-1-9-34-20/h1-11,28H,12H2,(H,30,31). The maximum atomic E-state index is 13.4. The number of aromatic nitrogens is 2. The second-order valence-corrected chi connectivity index (χ2v) is 10.4. The molecular formula is C22H15ClF3N3O4S2. The third kappa shape index (κ3) is 5.50. The van der Waals surface area contributed by atoms with Crippen molar-refractivity contribution in [3.05, 3.63) is 87.9 Å². The van der Waals surface area contributed by atoms with Crippen molar-refractivity contribution < 1.29 is 31.5 Å². The highest BCUT2D eigenvalue weighted by Gasteiger charge is 2.32. The van der Waals surface area contributed by atoms with Crippen LogP contribution in [0.1, 0.15) is 21.6 Å². The number of benzene rings is 2. The summed E-state index contributed by atoms with van der Waals surface area (Å²) >= 11 is 7.13. The average Bonchev–Trinajstić information content (AvgIpc) is 3.44. The Labute approximate surface area is 206 Å². The lowest BCUT2D eigenvalue weighted by Gasteiger charge is -2.16. The fraction of sp³-hybridized carbons (Fsp3) is 0.0909. The molecule has 0 aliphatic heterocycles. The number of hydrogen-bond acceptors (Lipinski definition) is 5. The molecule has 0 amide bonds. The lowest BCUT2D eigenvalue weighted by molar-refractivity contribution is -0.137. The van der Waals surface area contributed by atoms with Crippen molar-refractivity contribution in [2.45, 2.75) is 17.6 Å². The summed E-state index contributed by atoms with van der Waals surface area (Å²) in [7, 11) is -4.28. The van der Waals surface area contributed by atoms with Gasteiger partial charge in [-0.15, -0.1) is 11.3 Å². The molecule has 0 atom stereocenters. The number of rotatable bonds is 7. The number of anilines is 1. The zero-order chi connectivity index (χ0) is 25.4. The summed E-state index contributed by atoms with van der Waals surface area (Å²) in [5, 5.41) is 16.0. The minimum Gasteiger partial charge on any atom is -0.477 e. The van der Waals surface area contributed by atoms with E-state index in [9.17, 15) is 31.5 Å². The van der Waals surface area contributed by atoms with E-state index in [-0.39, 0.29) is 33.4 Å². The Hall–Kier alpha value is -3.35. The van der Waals surface area contributed by atoms with Crippen molar-refractivity contribution in [3.8, 4) is 10.6 Å². The number of sulfonamides is 1. The first-order chi connectivity index (χ1) is 16.4. The molecule has 2 aromatic carbocycles. The number of hydrogen-bond donors (Lipinski definition) is 2. The molecule has 0 unspecified atom stereocenters. The molecule has 2 aromatic heterocycles. The van der Waals surface area contributed by atoms with Crippen LogP contribution in [0.15, 0.2) is 70.9 Å². The number of carboxylic acids is 1. The van der Waals surface area contributed by atoms with E-state index in [0.29, 0.717) is 16.6 Å². The van der Waals surface area contributed by atoms with E-state index in [2.05, 4.69) is 9.82 Å². The van der Waals surface area contributed by atoms with Gasteiger partial charge < -0.3 is 5.11 Å². The van der Waals surface area contributed by atoms with Crippen LogP contribution < -0.4 is 4.72 Å².